The Morgan fingerprint density at radius 1 is 0.710 bits per heavy atom. The van der Waals surface area contributed by atoms with Gasteiger partial charge in [-0.25, -0.2) is 4.39 Å². The van der Waals surface area contributed by atoms with Crippen molar-refractivity contribution < 1.29 is 4.39 Å². The largest absolute Gasteiger partial charge is 0.338 e. The van der Waals surface area contributed by atoms with Crippen molar-refractivity contribution in [2.75, 3.05) is 46.8 Å². The van der Waals surface area contributed by atoms with E-state index in [0.29, 0.717) is 49.7 Å². The number of nitrogens with zero attached hydrogens (tertiary/aromatic N) is 5. The highest BCUT2D eigenvalue weighted by Gasteiger charge is 2.28. The average Bonchev–Trinajstić information content (AvgIpc) is 2.72. The van der Waals surface area contributed by atoms with Crippen LogP contribution >= 0.6 is 0 Å². The lowest BCUT2D eigenvalue weighted by atomic mass is 10.0. The highest BCUT2D eigenvalue weighted by Crippen LogP contribution is 2.22. The van der Waals surface area contributed by atoms with E-state index in [1.807, 2.05) is 9.80 Å². The van der Waals surface area contributed by atoms with Crippen LogP contribution in [0.5, 0.6) is 0 Å². The fourth-order valence-corrected chi connectivity index (χ4v) is 4.04. The minimum atomic E-state index is -0.314. The molecule has 2 fully saturated rings. The van der Waals surface area contributed by atoms with E-state index in [0.717, 1.165) is 12.8 Å². The third-order valence-corrected chi connectivity index (χ3v) is 5.37. The maximum atomic E-state index is 13.2. The van der Waals surface area contributed by atoms with Crippen LogP contribution in [0.25, 0.3) is 0 Å². The molecule has 0 saturated carbocycles. The first-order valence-electron chi connectivity index (χ1n) is 10.4. The molecule has 10 N–H and O–H groups in total. The van der Waals surface area contributed by atoms with Crippen LogP contribution in [-0.2, 0) is 0 Å². The number of benzene rings is 1. The van der Waals surface area contributed by atoms with Crippen molar-refractivity contribution >= 4 is 23.5 Å². The topological polar surface area (TPSA) is 173 Å². The van der Waals surface area contributed by atoms with Crippen LogP contribution in [-0.4, -0.2) is 65.3 Å². The van der Waals surface area contributed by atoms with Gasteiger partial charge in [-0.05, 0) is 37.1 Å². The SMILES string of the molecule is NC1CC(N)CN(c2nc(NNc3ccc(F)cc3)nc(N3CC(N)CC(N)C3)n2)C1. The molecular formula is C19H30FN11. The molecule has 4 rings (SSSR count). The Morgan fingerprint density at radius 2 is 1.16 bits per heavy atom. The Balaban J connectivity index is 1.60. The molecule has 11 nitrogen and oxygen atoms in total. The van der Waals surface area contributed by atoms with E-state index < -0.39 is 0 Å². The molecule has 0 bridgehead atoms. The maximum absolute atomic E-state index is 13.2. The van der Waals surface area contributed by atoms with Crippen LogP contribution in [0.1, 0.15) is 12.8 Å². The predicted octanol–water partition coefficient (Wildman–Crippen LogP) is -0.821. The van der Waals surface area contributed by atoms with Crippen LogP contribution in [0.15, 0.2) is 24.3 Å². The standard InChI is InChI=1S/C19H30FN11/c20-11-1-3-16(4-2-11)28-29-17-25-18(30-7-12(21)5-13(22)8-30)27-19(26-17)31-9-14(23)6-15(24)10-31/h1-4,12-15,28H,5-10,21-24H2,(H,25,26,27,29). The first kappa shape index (κ1) is 21.4. The molecule has 168 valence electrons. The number of hydrazine groups is 1. The molecule has 1 aromatic carbocycles. The van der Waals surface area contributed by atoms with E-state index in [2.05, 4.69) is 25.8 Å². The monoisotopic (exact) mass is 431 g/mol. The highest BCUT2D eigenvalue weighted by molar-refractivity contribution is 5.51. The van der Waals surface area contributed by atoms with Crippen molar-refractivity contribution in [2.24, 2.45) is 22.9 Å². The molecule has 0 amide bonds. The first-order chi connectivity index (χ1) is 14.9. The molecule has 1 aromatic heterocycles. The van der Waals surface area contributed by atoms with Gasteiger partial charge in [-0.2, -0.15) is 15.0 Å². The Bertz CT molecular complexity index is 815. The van der Waals surface area contributed by atoms with Gasteiger partial charge in [-0.3, -0.25) is 10.9 Å². The zero-order valence-electron chi connectivity index (χ0n) is 17.3. The zero-order chi connectivity index (χ0) is 22.0. The fourth-order valence-electron chi connectivity index (χ4n) is 4.04. The summed E-state index contributed by atoms with van der Waals surface area (Å²) in [6.45, 7) is 2.39. The first-order valence-corrected chi connectivity index (χ1v) is 10.4. The van der Waals surface area contributed by atoms with Crippen molar-refractivity contribution in [1.29, 1.82) is 0 Å². The summed E-state index contributed by atoms with van der Waals surface area (Å²) in [4.78, 5) is 17.7. The molecule has 0 spiro atoms. The molecule has 2 aromatic rings. The molecule has 4 atom stereocenters. The normalized spacial score (nSPS) is 26.6. The summed E-state index contributed by atoms with van der Waals surface area (Å²) in [5.41, 5.74) is 31.3. The lowest BCUT2D eigenvalue weighted by Gasteiger charge is -2.37. The highest BCUT2D eigenvalue weighted by atomic mass is 19.1. The number of anilines is 4. The van der Waals surface area contributed by atoms with Gasteiger partial charge < -0.3 is 32.7 Å². The third kappa shape index (κ3) is 5.47. The second kappa shape index (κ2) is 9.14. The number of halogens is 1. The lowest BCUT2D eigenvalue weighted by Crippen LogP contribution is -2.54. The molecule has 31 heavy (non-hydrogen) atoms. The molecule has 3 heterocycles. The van der Waals surface area contributed by atoms with Crippen LogP contribution in [0, 0.1) is 5.82 Å². The molecule has 2 aliphatic rings. The van der Waals surface area contributed by atoms with Crippen molar-refractivity contribution in [1.82, 2.24) is 15.0 Å². The number of hydrogen-bond donors (Lipinski definition) is 6. The zero-order valence-corrected chi connectivity index (χ0v) is 17.3. The Labute approximate surface area is 180 Å². The van der Waals surface area contributed by atoms with Crippen LogP contribution < -0.4 is 43.6 Å². The van der Waals surface area contributed by atoms with Gasteiger partial charge in [0.05, 0.1) is 5.69 Å². The van der Waals surface area contributed by atoms with E-state index >= 15 is 0 Å². The van der Waals surface area contributed by atoms with E-state index in [1.54, 1.807) is 12.1 Å². The second-order valence-corrected chi connectivity index (χ2v) is 8.34. The summed E-state index contributed by atoms with van der Waals surface area (Å²) in [5.74, 6) is 0.953. The molecular weight excluding hydrogens is 401 g/mol. The van der Waals surface area contributed by atoms with Crippen LogP contribution in [0.4, 0.5) is 27.9 Å². The summed E-state index contributed by atoms with van der Waals surface area (Å²) in [5, 5.41) is 0. The van der Waals surface area contributed by atoms with Crippen molar-refractivity contribution in [3.05, 3.63) is 30.1 Å². The number of nitrogens with one attached hydrogen (secondary N) is 2. The van der Waals surface area contributed by atoms with Gasteiger partial charge in [-0.15, -0.1) is 0 Å². The number of nitrogens with two attached hydrogens (primary N) is 4. The van der Waals surface area contributed by atoms with Gasteiger partial charge in [0.25, 0.3) is 0 Å². The van der Waals surface area contributed by atoms with Gasteiger partial charge in [0, 0.05) is 50.3 Å². The number of aromatic nitrogens is 3. The lowest BCUT2D eigenvalue weighted by molar-refractivity contribution is 0.441. The van der Waals surface area contributed by atoms with Gasteiger partial charge in [0.2, 0.25) is 17.8 Å². The molecule has 0 aliphatic carbocycles. The van der Waals surface area contributed by atoms with E-state index in [9.17, 15) is 4.39 Å². The third-order valence-electron chi connectivity index (χ3n) is 5.37. The van der Waals surface area contributed by atoms with E-state index in [4.69, 9.17) is 22.9 Å². The number of rotatable bonds is 5. The molecule has 0 radical (unpaired) electrons. The van der Waals surface area contributed by atoms with Gasteiger partial charge in [-0.1, -0.05) is 0 Å². The number of hydrogen-bond acceptors (Lipinski definition) is 11. The minimum absolute atomic E-state index is 0.0606. The quantitative estimate of drug-likeness (QED) is 0.326. The van der Waals surface area contributed by atoms with Crippen LogP contribution in [0.2, 0.25) is 0 Å². The summed E-state index contributed by atoms with van der Waals surface area (Å²) >= 11 is 0. The molecule has 2 aliphatic heterocycles. The van der Waals surface area contributed by atoms with Gasteiger partial charge >= 0.3 is 0 Å². The minimum Gasteiger partial charge on any atom is -0.338 e. The Hall–Kier alpha value is -2.80. The Morgan fingerprint density at radius 3 is 1.61 bits per heavy atom. The predicted molar refractivity (Wildman–Crippen MR) is 119 cm³/mol. The maximum Gasteiger partial charge on any atom is 0.248 e. The van der Waals surface area contributed by atoms with Crippen molar-refractivity contribution in [3.63, 3.8) is 0 Å². The van der Waals surface area contributed by atoms with Crippen molar-refractivity contribution in [2.45, 2.75) is 37.0 Å². The fraction of sp³-hybridized carbons (Fsp3) is 0.526. The smallest absolute Gasteiger partial charge is 0.248 e. The Kier molecular flexibility index (Phi) is 6.32. The van der Waals surface area contributed by atoms with E-state index in [1.165, 1.54) is 12.1 Å². The summed E-state index contributed by atoms with van der Waals surface area (Å²) in [6, 6.07) is 5.70. The van der Waals surface area contributed by atoms with Gasteiger partial charge in [0.15, 0.2) is 0 Å². The molecule has 12 heteroatoms. The summed E-state index contributed by atoms with van der Waals surface area (Å²) in [6.07, 6.45) is 1.50. The summed E-state index contributed by atoms with van der Waals surface area (Å²) in [7, 11) is 0. The van der Waals surface area contributed by atoms with Gasteiger partial charge in [0.1, 0.15) is 5.82 Å². The van der Waals surface area contributed by atoms with Crippen LogP contribution in [0.3, 0.4) is 0 Å². The molecule has 2 saturated heterocycles. The van der Waals surface area contributed by atoms with E-state index in [-0.39, 0.29) is 30.0 Å². The second-order valence-electron chi connectivity index (χ2n) is 8.34. The van der Waals surface area contributed by atoms with Crippen molar-refractivity contribution in [3.8, 4) is 0 Å². The summed E-state index contributed by atoms with van der Waals surface area (Å²) < 4.78 is 13.2. The number of piperidine rings is 2. The molecule has 4 unspecified atom stereocenters. The average molecular weight is 432 g/mol.